The van der Waals surface area contributed by atoms with Gasteiger partial charge in [0, 0.05) is 29.7 Å². The van der Waals surface area contributed by atoms with Crippen LogP contribution >= 0.6 is 23.1 Å². The molecule has 4 rings (SSSR count). The van der Waals surface area contributed by atoms with E-state index in [1.807, 2.05) is 0 Å². The van der Waals surface area contributed by atoms with E-state index in [0.717, 1.165) is 22.6 Å². The lowest BCUT2D eigenvalue weighted by Gasteiger charge is -2.32. The standard InChI is InChI=1S/C19H21FN2O3S3/c20-14-3-4-17-15(12-14)16(7-11-26-17)21-19(23)13-5-8-22(9-6-13)28(24,25)18-2-1-10-27-18/h1-4,10,12-13,16H,5-9,11H2,(H,21,23). The second kappa shape index (κ2) is 8.14. The Balaban J connectivity index is 1.39. The van der Waals surface area contributed by atoms with Crippen LogP contribution in [0.3, 0.4) is 0 Å². The van der Waals surface area contributed by atoms with Crippen LogP contribution < -0.4 is 5.32 Å². The molecule has 0 saturated carbocycles. The molecule has 28 heavy (non-hydrogen) atoms. The Bertz CT molecular complexity index is 955. The van der Waals surface area contributed by atoms with Crippen molar-refractivity contribution >= 4 is 39.0 Å². The minimum absolute atomic E-state index is 0.0692. The number of hydrogen-bond donors (Lipinski definition) is 1. The summed E-state index contributed by atoms with van der Waals surface area (Å²) in [5.74, 6) is 0.287. The molecule has 9 heteroatoms. The Labute approximate surface area is 172 Å². The second-order valence-electron chi connectivity index (χ2n) is 6.99. The van der Waals surface area contributed by atoms with E-state index in [-0.39, 0.29) is 23.7 Å². The van der Waals surface area contributed by atoms with Gasteiger partial charge in [0.05, 0.1) is 6.04 Å². The number of hydrogen-bond acceptors (Lipinski definition) is 5. The first-order chi connectivity index (χ1) is 13.4. The van der Waals surface area contributed by atoms with Gasteiger partial charge in [-0.3, -0.25) is 4.79 Å². The molecule has 150 valence electrons. The van der Waals surface area contributed by atoms with Crippen molar-refractivity contribution in [1.29, 1.82) is 0 Å². The highest BCUT2D eigenvalue weighted by atomic mass is 32.2. The quantitative estimate of drug-likeness (QED) is 0.788. The molecule has 0 aliphatic carbocycles. The summed E-state index contributed by atoms with van der Waals surface area (Å²) in [6.45, 7) is 0.675. The van der Waals surface area contributed by atoms with Crippen molar-refractivity contribution < 1.29 is 17.6 Å². The number of nitrogens with one attached hydrogen (secondary N) is 1. The van der Waals surface area contributed by atoms with Crippen LogP contribution in [-0.4, -0.2) is 37.5 Å². The first-order valence-corrected chi connectivity index (χ1v) is 12.5. The average molecular weight is 441 g/mol. The molecule has 0 spiro atoms. The molecule has 1 saturated heterocycles. The van der Waals surface area contributed by atoms with Gasteiger partial charge in [0.15, 0.2) is 0 Å². The van der Waals surface area contributed by atoms with Gasteiger partial charge in [-0.2, -0.15) is 4.31 Å². The summed E-state index contributed by atoms with van der Waals surface area (Å²) >= 11 is 2.88. The Morgan fingerprint density at radius 3 is 2.68 bits per heavy atom. The number of sulfonamides is 1. The van der Waals surface area contributed by atoms with Crippen molar-refractivity contribution in [3.05, 3.63) is 47.1 Å². The lowest BCUT2D eigenvalue weighted by Crippen LogP contribution is -2.43. The third-order valence-corrected chi connectivity index (χ3v) is 9.64. The molecule has 3 heterocycles. The largest absolute Gasteiger partial charge is 0.349 e. The highest BCUT2D eigenvalue weighted by Crippen LogP contribution is 2.37. The predicted molar refractivity (Wildman–Crippen MR) is 108 cm³/mol. The normalized spacial score (nSPS) is 21.2. The maximum atomic E-state index is 13.6. The molecular weight excluding hydrogens is 419 g/mol. The van der Waals surface area contributed by atoms with Crippen LogP contribution in [0, 0.1) is 11.7 Å². The number of amides is 1. The highest BCUT2D eigenvalue weighted by molar-refractivity contribution is 7.99. The monoisotopic (exact) mass is 440 g/mol. The third kappa shape index (κ3) is 3.98. The predicted octanol–water partition coefficient (Wildman–Crippen LogP) is 3.64. The summed E-state index contributed by atoms with van der Waals surface area (Å²) in [5.41, 5.74) is 0.835. The molecular formula is C19H21FN2O3S3. The Hall–Kier alpha value is -1.42. The number of carbonyl (C=O) groups is 1. The van der Waals surface area contributed by atoms with Gasteiger partial charge in [0.1, 0.15) is 10.0 Å². The Kier molecular flexibility index (Phi) is 5.78. The number of halogens is 1. The van der Waals surface area contributed by atoms with Gasteiger partial charge in [-0.05, 0) is 54.5 Å². The molecule has 2 aliphatic rings. The molecule has 2 aromatic rings. The maximum absolute atomic E-state index is 13.6. The van der Waals surface area contributed by atoms with Crippen molar-refractivity contribution in [3.63, 3.8) is 0 Å². The van der Waals surface area contributed by atoms with E-state index >= 15 is 0 Å². The van der Waals surface area contributed by atoms with E-state index in [4.69, 9.17) is 0 Å². The van der Waals surface area contributed by atoms with Crippen molar-refractivity contribution in [3.8, 4) is 0 Å². The number of thioether (sulfide) groups is 1. The van der Waals surface area contributed by atoms with Crippen LogP contribution in [0.4, 0.5) is 4.39 Å². The van der Waals surface area contributed by atoms with Crippen LogP contribution in [0.1, 0.15) is 30.9 Å². The van der Waals surface area contributed by atoms with Gasteiger partial charge in [0.2, 0.25) is 5.91 Å². The molecule has 0 bridgehead atoms. The van der Waals surface area contributed by atoms with Crippen molar-refractivity contribution in [2.45, 2.75) is 34.4 Å². The fourth-order valence-corrected chi connectivity index (χ4v) is 7.42. The van der Waals surface area contributed by atoms with E-state index in [2.05, 4.69) is 5.32 Å². The summed E-state index contributed by atoms with van der Waals surface area (Å²) < 4.78 is 40.7. The van der Waals surface area contributed by atoms with Crippen LogP contribution in [-0.2, 0) is 14.8 Å². The van der Waals surface area contributed by atoms with Gasteiger partial charge in [0.25, 0.3) is 10.0 Å². The minimum Gasteiger partial charge on any atom is -0.349 e. The van der Waals surface area contributed by atoms with Crippen molar-refractivity contribution in [1.82, 2.24) is 9.62 Å². The smallest absolute Gasteiger partial charge is 0.252 e. The fraction of sp³-hybridized carbons (Fsp3) is 0.421. The van der Waals surface area contributed by atoms with Gasteiger partial charge in [-0.25, -0.2) is 12.8 Å². The lowest BCUT2D eigenvalue weighted by molar-refractivity contribution is -0.126. The zero-order chi connectivity index (χ0) is 19.7. The van der Waals surface area contributed by atoms with E-state index in [1.165, 1.54) is 27.8 Å². The fourth-order valence-electron chi connectivity index (χ4n) is 3.70. The van der Waals surface area contributed by atoms with E-state index in [9.17, 15) is 17.6 Å². The second-order valence-corrected chi connectivity index (χ2v) is 11.2. The minimum atomic E-state index is -3.46. The first-order valence-electron chi connectivity index (χ1n) is 9.21. The summed E-state index contributed by atoms with van der Waals surface area (Å²) in [4.78, 5) is 13.8. The first kappa shape index (κ1) is 19.9. The molecule has 1 aromatic heterocycles. The van der Waals surface area contributed by atoms with Crippen LogP contribution in [0.2, 0.25) is 0 Å². The summed E-state index contributed by atoms with van der Waals surface area (Å²) in [6, 6.07) is 7.86. The SMILES string of the molecule is O=C(NC1CCSc2ccc(F)cc21)C1CCN(S(=O)(=O)c2cccs2)CC1. The Morgan fingerprint density at radius 2 is 1.96 bits per heavy atom. The van der Waals surface area contributed by atoms with E-state index in [1.54, 1.807) is 35.3 Å². The molecule has 1 N–H and O–H groups in total. The van der Waals surface area contributed by atoms with Crippen LogP contribution in [0.5, 0.6) is 0 Å². The molecule has 0 radical (unpaired) electrons. The lowest BCUT2D eigenvalue weighted by atomic mass is 9.95. The summed E-state index contributed by atoms with van der Waals surface area (Å²) in [5, 5.41) is 4.81. The summed E-state index contributed by atoms with van der Waals surface area (Å²) in [6.07, 6.45) is 1.75. The molecule has 1 atom stereocenters. The average Bonchev–Trinajstić information content (AvgIpc) is 3.24. The number of benzene rings is 1. The topological polar surface area (TPSA) is 66.5 Å². The summed E-state index contributed by atoms with van der Waals surface area (Å²) in [7, 11) is -3.46. The maximum Gasteiger partial charge on any atom is 0.252 e. The Morgan fingerprint density at radius 1 is 1.18 bits per heavy atom. The van der Waals surface area contributed by atoms with Gasteiger partial charge in [-0.15, -0.1) is 23.1 Å². The zero-order valence-corrected chi connectivity index (χ0v) is 17.6. The highest BCUT2D eigenvalue weighted by Gasteiger charge is 2.33. The number of piperidine rings is 1. The van der Waals surface area contributed by atoms with Gasteiger partial charge < -0.3 is 5.32 Å². The number of thiophene rings is 1. The number of nitrogens with zero attached hydrogens (tertiary/aromatic N) is 1. The third-order valence-electron chi connectivity index (χ3n) is 5.24. The molecule has 2 aliphatic heterocycles. The van der Waals surface area contributed by atoms with E-state index in [0.29, 0.717) is 30.1 Å². The molecule has 5 nitrogen and oxygen atoms in total. The molecule has 1 aromatic carbocycles. The van der Waals surface area contributed by atoms with Crippen molar-refractivity contribution in [2.75, 3.05) is 18.8 Å². The number of carbonyl (C=O) groups excluding carboxylic acids is 1. The zero-order valence-electron chi connectivity index (χ0n) is 15.1. The molecule has 1 amide bonds. The van der Waals surface area contributed by atoms with Gasteiger partial charge in [-0.1, -0.05) is 6.07 Å². The molecule has 1 fully saturated rings. The number of rotatable bonds is 4. The van der Waals surface area contributed by atoms with Crippen molar-refractivity contribution in [2.24, 2.45) is 5.92 Å². The van der Waals surface area contributed by atoms with Gasteiger partial charge >= 0.3 is 0 Å². The van der Waals surface area contributed by atoms with Crippen LogP contribution in [0.15, 0.2) is 44.8 Å². The number of fused-ring (bicyclic) bond motifs is 1. The van der Waals surface area contributed by atoms with E-state index < -0.39 is 10.0 Å². The van der Waals surface area contributed by atoms with Crippen LogP contribution in [0.25, 0.3) is 0 Å². The molecule has 1 unspecified atom stereocenters.